The molecule has 0 amide bonds. The number of benzene rings is 1. The molecule has 1 aromatic carbocycles. The van der Waals surface area contributed by atoms with Crippen LogP contribution >= 0.6 is 0 Å². The van der Waals surface area contributed by atoms with Crippen molar-refractivity contribution in [2.75, 3.05) is 5.32 Å². The number of hydrogen-bond acceptors (Lipinski definition) is 3. The highest BCUT2D eigenvalue weighted by Crippen LogP contribution is 2.18. The molecule has 0 aliphatic carbocycles. The van der Waals surface area contributed by atoms with Crippen LogP contribution in [0.3, 0.4) is 0 Å². The molecule has 4 nitrogen and oxygen atoms in total. The second-order valence-corrected chi connectivity index (χ2v) is 3.52. The highest BCUT2D eigenvalue weighted by molar-refractivity contribution is 5.88. The summed E-state index contributed by atoms with van der Waals surface area (Å²) in [6.45, 7) is 0. The number of anilines is 2. The van der Waals surface area contributed by atoms with Gasteiger partial charge in [0.2, 0.25) is 0 Å². The number of carbonyl (C=O) groups is 1. The Morgan fingerprint density at radius 1 is 1.17 bits per heavy atom. The van der Waals surface area contributed by atoms with Crippen molar-refractivity contribution in [3.63, 3.8) is 0 Å². The smallest absolute Gasteiger partial charge is 0.335 e. The van der Waals surface area contributed by atoms with Crippen LogP contribution in [0.5, 0.6) is 0 Å². The summed E-state index contributed by atoms with van der Waals surface area (Å²) in [5.41, 5.74) is 0.187. The molecule has 0 atom stereocenters. The second-order valence-electron chi connectivity index (χ2n) is 3.52. The lowest BCUT2D eigenvalue weighted by Gasteiger charge is -2.06. The molecule has 0 aliphatic heterocycles. The van der Waals surface area contributed by atoms with E-state index in [-0.39, 0.29) is 17.1 Å². The predicted octanol–water partition coefficient (Wildman–Crippen LogP) is 2.80. The van der Waals surface area contributed by atoms with Crippen LogP contribution in [0.15, 0.2) is 36.5 Å². The zero-order chi connectivity index (χ0) is 13.1. The van der Waals surface area contributed by atoms with Gasteiger partial charge in [-0.1, -0.05) is 0 Å². The zero-order valence-corrected chi connectivity index (χ0v) is 9.02. The molecule has 0 bridgehead atoms. The first-order chi connectivity index (χ1) is 8.54. The number of nitrogens with zero attached hydrogens (tertiary/aromatic N) is 1. The van der Waals surface area contributed by atoms with Crippen molar-refractivity contribution in [1.82, 2.24) is 4.98 Å². The third-order valence-electron chi connectivity index (χ3n) is 2.14. The van der Waals surface area contributed by atoms with Gasteiger partial charge in [0.25, 0.3) is 0 Å². The number of rotatable bonds is 3. The number of carboxylic acids is 1. The average molecular weight is 250 g/mol. The summed E-state index contributed by atoms with van der Waals surface area (Å²) in [5.74, 6) is -2.37. The summed E-state index contributed by atoms with van der Waals surface area (Å²) in [7, 11) is 0. The third kappa shape index (κ3) is 2.79. The predicted molar refractivity (Wildman–Crippen MR) is 60.8 cm³/mol. The minimum absolute atomic E-state index is 0.0318. The monoisotopic (exact) mass is 250 g/mol. The molecule has 0 spiro atoms. The maximum Gasteiger partial charge on any atom is 0.335 e. The van der Waals surface area contributed by atoms with E-state index in [4.69, 9.17) is 5.11 Å². The first kappa shape index (κ1) is 12.0. The first-order valence-corrected chi connectivity index (χ1v) is 4.97. The molecule has 0 fully saturated rings. The minimum atomic E-state index is -1.11. The van der Waals surface area contributed by atoms with E-state index in [2.05, 4.69) is 10.3 Å². The van der Waals surface area contributed by atoms with Crippen molar-refractivity contribution < 1.29 is 18.7 Å². The summed E-state index contributed by atoms with van der Waals surface area (Å²) in [6, 6.07) is 5.49. The highest BCUT2D eigenvalue weighted by atomic mass is 19.1. The third-order valence-corrected chi connectivity index (χ3v) is 2.14. The van der Waals surface area contributed by atoms with Crippen LogP contribution in [-0.4, -0.2) is 16.1 Å². The quantitative estimate of drug-likeness (QED) is 0.879. The molecular formula is C12H8F2N2O2. The van der Waals surface area contributed by atoms with E-state index in [0.29, 0.717) is 0 Å². The molecule has 6 heteroatoms. The van der Waals surface area contributed by atoms with Crippen molar-refractivity contribution in [2.24, 2.45) is 0 Å². The van der Waals surface area contributed by atoms with E-state index >= 15 is 0 Å². The average Bonchev–Trinajstić information content (AvgIpc) is 2.27. The Labute approximate surface area is 101 Å². The Morgan fingerprint density at radius 2 is 1.83 bits per heavy atom. The van der Waals surface area contributed by atoms with Gasteiger partial charge in [-0.15, -0.1) is 0 Å². The van der Waals surface area contributed by atoms with Crippen molar-refractivity contribution in [2.45, 2.75) is 0 Å². The zero-order valence-electron chi connectivity index (χ0n) is 9.02. The number of halogens is 2. The summed E-state index contributed by atoms with van der Waals surface area (Å²) in [4.78, 5) is 14.6. The molecule has 1 heterocycles. The molecule has 0 unspecified atom stereocenters. The van der Waals surface area contributed by atoms with E-state index in [0.717, 1.165) is 18.2 Å². The van der Waals surface area contributed by atoms with Gasteiger partial charge in [-0.05, 0) is 24.3 Å². The Balaban J connectivity index is 2.28. The highest BCUT2D eigenvalue weighted by Gasteiger charge is 2.05. The number of pyridine rings is 1. The number of hydrogen-bond donors (Lipinski definition) is 2. The van der Waals surface area contributed by atoms with Crippen molar-refractivity contribution in [3.8, 4) is 0 Å². The number of nitrogens with one attached hydrogen (secondary N) is 1. The Bertz CT molecular complexity index is 582. The largest absolute Gasteiger partial charge is 0.478 e. The van der Waals surface area contributed by atoms with E-state index in [1.807, 2.05) is 0 Å². The molecule has 2 N–H and O–H groups in total. The maximum absolute atomic E-state index is 12.9. The molecule has 0 saturated heterocycles. The van der Waals surface area contributed by atoms with Gasteiger partial charge in [0, 0.05) is 18.0 Å². The van der Waals surface area contributed by atoms with Gasteiger partial charge in [0.1, 0.15) is 17.5 Å². The van der Waals surface area contributed by atoms with Crippen LogP contribution in [0, 0.1) is 11.6 Å². The molecule has 2 aromatic rings. The summed E-state index contributed by atoms with van der Waals surface area (Å²) in [6.07, 6.45) is 1.29. The molecule has 1 aromatic heterocycles. The van der Waals surface area contributed by atoms with Gasteiger partial charge in [0.15, 0.2) is 0 Å². The van der Waals surface area contributed by atoms with Gasteiger partial charge in [-0.3, -0.25) is 0 Å². The maximum atomic E-state index is 12.9. The fraction of sp³-hybridized carbons (Fsp3) is 0. The molecule has 0 radical (unpaired) electrons. The fourth-order valence-corrected chi connectivity index (χ4v) is 1.41. The lowest BCUT2D eigenvalue weighted by Crippen LogP contribution is -2.00. The molecule has 92 valence electrons. The number of aromatic nitrogens is 1. The summed E-state index contributed by atoms with van der Waals surface area (Å²) in [5, 5.41) is 11.4. The molecular weight excluding hydrogens is 242 g/mol. The molecule has 0 saturated carbocycles. The van der Waals surface area contributed by atoms with Crippen molar-refractivity contribution in [1.29, 1.82) is 0 Å². The van der Waals surface area contributed by atoms with Crippen LogP contribution in [0.25, 0.3) is 0 Å². The number of carboxylic acid groups (broad SMARTS) is 1. The summed E-state index contributed by atoms with van der Waals surface area (Å²) < 4.78 is 25.9. The second kappa shape index (κ2) is 4.79. The Morgan fingerprint density at radius 3 is 2.44 bits per heavy atom. The van der Waals surface area contributed by atoms with Gasteiger partial charge >= 0.3 is 5.97 Å². The normalized spacial score (nSPS) is 10.1. The minimum Gasteiger partial charge on any atom is -0.478 e. The van der Waals surface area contributed by atoms with Crippen LogP contribution in [-0.2, 0) is 0 Å². The van der Waals surface area contributed by atoms with Crippen LogP contribution in [0.2, 0.25) is 0 Å². The number of aromatic carboxylic acids is 1. The molecule has 2 rings (SSSR count). The fourth-order valence-electron chi connectivity index (χ4n) is 1.41. The van der Waals surface area contributed by atoms with Gasteiger partial charge < -0.3 is 10.4 Å². The molecule has 18 heavy (non-hydrogen) atoms. The van der Waals surface area contributed by atoms with Crippen LogP contribution in [0.1, 0.15) is 10.4 Å². The van der Waals surface area contributed by atoms with E-state index in [1.54, 1.807) is 0 Å². The lowest BCUT2D eigenvalue weighted by molar-refractivity contribution is 0.0697. The van der Waals surface area contributed by atoms with Gasteiger partial charge in [-0.25, -0.2) is 18.6 Å². The van der Waals surface area contributed by atoms with E-state index in [1.165, 1.54) is 18.3 Å². The van der Waals surface area contributed by atoms with Crippen molar-refractivity contribution in [3.05, 3.63) is 53.7 Å². The van der Waals surface area contributed by atoms with Gasteiger partial charge in [-0.2, -0.15) is 0 Å². The SMILES string of the molecule is O=C(O)c1ccnc(Nc2cc(F)cc(F)c2)c1. The Kier molecular flexibility index (Phi) is 3.18. The van der Waals surface area contributed by atoms with Gasteiger partial charge in [0.05, 0.1) is 5.56 Å². The Hall–Kier alpha value is -2.50. The van der Waals surface area contributed by atoms with E-state index < -0.39 is 17.6 Å². The van der Waals surface area contributed by atoms with Crippen LogP contribution in [0.4, 0.5) is 20.3 Å². The van der Waals surface area contributed by atoms with Crippen molar-refractivity contribution >= 4 is 17.5 Å². The molecule has 0 aliphatic rings. The van der Waals surface area contributed by atoms with E-state index in [9.17, 15) is 13.6 Å². The van der Waals surface area contributed by atoms with Crippen LogP contribution < -0.4 is 5.32 Å². The summed E-state index contributed by atoms with van der Waals surface area (Å²) >= 11 is 0. The lowest BCUT2D eigenvalue weighted by atomic mass is 10.2. The standard InChI is InChI=1S/C12H8F2N2O2/c13-8-4-9(14)6-10(5-8)16-11-3-7(12(17)18)1-2-15-11/h1-6H,(H,15,16)(H,17,18). The topological polar surface area (TPSA) is 62.2 Å². The first-order valence-electron chi connectivity index (χ1n) is 4.97.